The van der Waals surface area contributed by atoms with E-state index in [1.165, 1.54) is 32.1 Å². The third kappa shape index (κ3) is 3.38. The van der Waals surface area contributed by atoms with Gasteiger partial charge in [-0.2, -0.15) is 0 Å². The van der Waals surface area contributed by atoms with Crippen molar-refractivity contribution in [3.63, 3.8) is 0 Å². The lowest BCUT2D eigenvalue weighted by Gasteiger charge is -2.32. The first-order valence-corrected chi connectivity index (χ1v) is 9.84. The second kappa shape index (κ2) is 7.42. The molecule has 0 unspecified atom stereocenters. The van der Waals surface area contributed by atoms with Crippen molar-refractivity contribution < 1.29 is 0 Å². The summed E-state index contributed by atoms with van der Waals surface area (Å²) in [6, 6.07) is 14.1. The maximum atomic E-state index is 6.42. The molecule has 134 valence electrons. The number of aromatic nitrogens is 2. The van der Waals surface area contributed by atoms with Gasteiger partial charge in [0.05, 0.1) is 10.5 Å². The van der Waals surface area contributed by atoms with Gasteiger partial charge in [0, 0.05) is 29.1 Å². The number of benzene rings is 2. The number of halogens is 2. The lowest BCUT2D eigenvalue weighted by atomic mass is 9.94. The molecule has 0 amide bonds. The van der Waals surface area contributed by atoms with Crippen molar-refractivity contribution in [3.8, 4) is 11.4 Å². The summed E-state index contributed by atoms with van der Waals surface area (Å²) in [6.45, 7) is 0. The highest BCUT2D eigenvalue weighted by Gasteiger charge is 2.22. The number of hydrogen-bond acceptors (Lipinski definition) is 3. The molecule has 0 aliphatic heterocycles. The van der Waals surface area contributed by atoms with Crippen molar-refractivity contribution in [2.45, 2.75) is 38.1 Å². The first-order chi connectivity index (χ1) is 12.6. The highest BCUT2D eigenvalue weighted by atomic mass is 35.5. The maximum absolute atomic E-state index is 6.42. The van der Waals surface area contributed by atoms with E-state index in [2.05, 4.69) is 18.0 Å². The number of hydrogen-bond donors (Lipinski definition) is 0. The van der Waals surface area contributed by atoms with Crippen LogP contribution in [0.1, 0.15) is 32.1 Å². The average molecular weight is 386 g/mol. The van der Waals surface area contributed by atoms with Crippen LogP contribution in [-0.2, 0) is 0 Å². The summed E-state index contributed by atoms with van der Waals surface area (Å²) < 4.78 is 0. The van der Waals surface area contributed by atoms with Gasteiger partial charge in [-0.05, 0) is 43.2 Å². The van der Waals surface area contributed by atoms with Crippen LogP contribution >= 0.6 is 23.2 Å². The van der Waals surface area contributed by atoms with E-state index in [4.69, 9.17) is 33.2 Å². The Morgan fingerprint density at radius 2 is 1.73 bits per heavy atom. The van der Waals surface area contributed by atoms with Crippen LogP contribution in [0.15, 0.2) is 42.5 Å². The highest BCUT2D eigenvalue weighted by molar-refractivity contribution is 6.36. The summed E-state index contributed by atoms with van der Waals surface area (Å²) in [4.78, 5) is 12.0. The largest absolute Gasteiger partial charge is 0.356 e. The zero-order chi connectivity index (χ0) is 18.1. The first-order valence-electron chi connectivity index (χ1n) is 9.08. The normalized spacial score (nSPS) is 15.3. The van der Waals surface area contributed by atoms with Gasteiger partial charge in [0.2, 0.25) is 0 Å². The van der Waals surface area contributed by atoms with Crippen molar-refractivity contribution in [2.24, 2.45) is 0 Å². The van der Waals surface area contributed by atoms with Crippen molar-refractivity contribution >= 4 is 39.9 Å². The summed E-state index contributed by atoms with van der Waals surface area (Å²) in [6.07, 6.45) is 6.33. The Kier molecular flexibility index (Phi) is 5.01. The van der Waals surface area contributed by atoms with Gasteiger partial charge < -0.3 is 4.90 Å². The summed E-state index contributed by atoms with van der Waals surface area (Å²) in [5.41, 5.74) is 1.74. The Balaban J connectivity index is 1.85. The molecule has 0 spiro atoms. The fourth-order valence-corrected chi connectivity index (χ4v) is 4.25. The third-order valence-electron chi connectivity index (χ3n) is 5.21. The van der Waals surface area contributed by atoms with Crippen LogP contribution in [0.4, 0.5) is 5.82 Å². The Morgan fingerprint density at radius 3 is 2.50 bits per heavy atom. The van der Waals surface area contributed by atoms with Crippen LogP contribution < -0.4 is 4.90 Å². The average Bonchev–Trinajstić information content (AvgIpc) is 2.67. The number of nitrogens with zero attached hydrogens (tertiary/aromatic N) is 3. The SMILES string of the molecule is CN(c1nc(-c2ccc(Cl)cc2Cl)nc2ccccc12)C1CCCCC1. The second-order valence-corrected chi connectivity index (χ2v) is 7.76. The molecule has 5 heteroatoms. The molecule has 0 bridgehead atoms. The summed E-state index contributed by atoms with van der Waals surface area (Å²) in [5.74, 6) is 1.62. The van der Waals surface area contributed by atoms with Crippen molar-refractivity contribution in [3.05, 3.63) is 52.5 Å². The second-order valence-electron chi connectivity index (χ2n) is 6.91. The first kappa shape index (κ1) is 17.6. The minimum Gasteiger partial charge on any atom is -0.356 e. The number of para-hydroxylation sites is 1. The van der Waals surface area contributed by atoms with Gasteiger partial charge in [0.1, 0.15) is 5.82 Å². The number of rotatable bonds is 3. The van der Waals surface area contributed by atoms with Gasteiger partial charge in [0.25, 0.3) is 0 Å². The van der Waals surface area contributed by atoms with Gasteiger partial charge >= 0.3 is 0 Å². The molecule has 3 nitrogen and oxygen atoms in total. The monoisotopic (exact) mass is 385 g/mol. The van der Waals surface area contributed by atoms with Gasteiger partial charge in [-0.3, -0.25) is 0 Å². The fraction of sp³-hybridized carbons (Fsp3) is 0.333. The molecular formula is C21H21Cl2N3. The summed E-state index contributed by atoms with van der Waals surface area (Å²) in [5, 5.41) is 2.26. The molecule has 1 fully saturated rings. The molecular weight excluding hydrogens is 365 g/mol. The van der Waals surface area contributed by atoms with E-state index in [-0.39, 0.29) is 0 Å². The highest BCUT2D eigenvalue weighted by Crippen LogP contribution is 2.34. The topological polar surface area (TPSA) is 29.0 Å². The van der Waals surface area contributed by atoms with Gasteiger partial charge in [-0.1, -0.05) is 54.6 Å². The molecule has 0 atom stereocenters. The van der Waals surface area contributed by atoms with E-state index in [1.807, 2.05) is 30.3 Å². The van der Waals surface area contributed by atoms with E-state index >= 15 is 0 Å². The smallest absolute Gasteiger partial charge is 0.163 e. The molecule has 1 aromatic heterocycles. The van der Waals surface area contributed by atoms with Crippen LogP contribution in [0.25, 0.3) is 22.3 Å². The number of anilines is 1. The van der Waals surface area contributed by atoms with E-state index in [0.29, 0.717) is 21.9 Å². The minimum atomic E-state index is 0.524. The predicted octanol–water partition coefficient (Wildman–Crippen LogP) is 6.37. The molecule has 26 heavy (non-hydrogen) atoms. The van der Waals surface area contributed by atoms with E-state index < -0.39 is 0 Å². The van der Waals surface area contributed by atoms with Crippen LogP contribution in [-0.4, -0.2) is 23.1 Å². The standard InChI is InChI=1S/C21H21Cl2N3/c1-26(15-7-3-2-4-8-15)21-17-9-5-6-10-19(17)24-20(25-21)16-12-11-14(22)13-18(16)23/h5-6,9-13,15H,2-4,7-8H2,1H3. The Hall–Kier alpha value is -1.84. The zero-order valence-electron chi connectivity index (χ0n) is 14.8. The van der Waals surface area contributed by atoms with Crippen LogP contribution in [0.2, 0.25) is 10.0 Å². The van der Waals surface area contributed by atoms with Crippen LogP contribution in [0.5, 0.6) is 0 Å². The van der Waals surface area contributed by atoms with Crippen LogP contribution in [0, 0.1) is 0 Å². The lowest BCUT2D eigenvalue weighted by Crippen LogP contribution is -2.34. The minimum absolute atomic E-state index is 0.524. The molecule has 1 saturated carbocycles. The maximum Gasteiger partial charge on any atom is 0.163 e. The molecule has 4 rings (SSSR count). The molecule has 1 aliphatic carbocycles. The molecule has 2 aromatic carbocycles. The van der Waals surface area contributed by atoms with Crippen molar-refractivity contribution in [1.29, 1.82) is 0 Å². The quantitative estimate of drug-likeness (QED) is 0.524. The van der Waals surface area contributed by atoms with Gasteiger partial charge in [-0.15, -0.1) is 0 Å². The Labute approximate surface area is 164 Å². The Morgan fingerprint density at radius 1 is 0.962 bits per heavy atom. The Bertz CT molecular complexity index is 936. The molecule has 1 heterocycles. The van der Waals surface area contributed by atoms with Gasteiger partial charge in [0.15, 0.2) is 5.82 Å². The molecule has 0 N–H and O–H groups in total. The third-order valence-corrected chi connectivity index (χ3v) is 5.76. The summed E-state index contributed by atoms with van der Waals surface area (Å²) in [7, 11) is 2.15. The molecule has 0 radical (unpaired) electrons. The lowest BCUT2D eigenvalue weighted by molar-refractivity contribution is 0.426. The molecule has 0 saturated heterocycles. The molecule has 1 aliphatic rings. The van der Waals surface area contributed by atoms with Crippen molar-refractivity contribution in [2.75, 3.05) is 11.9 Å². The fourth-order valence-electron chi connectivity index (χ4n) is 3.76. The summed E-state index contributed by atoms with van der Waals surface area (Å²) >= 11 is 12.5. The zero-order valence-corrected chi connectivity index (χ0v) is 16.3. The van der Waals surface area contributed by atoms with Crippen molar-refractivity contribution in [1.82, 2.24) is 9.97 Å². The van der Waals surface area contributed by atoms with Gasteiger partial charge in [-0.25, -0.2) is 9.97 Å². The van der Waals surface area contributed by atoms with E-state index in [1.54, 1.807) is 6.07 Å². The van der Waals surface area contributed by atoms with E-state index in [9.17, 15) is 0 Å². The number of fused-ring (bicyclic) bond motifs is 1. The van der Waals surface area contributed by atoms with E-state index in [0.717, 1.165) is 22.3 Å². The predicted molar refractivity (Wildman–Crippen MR) is 110 cm³/mol. The molecule has 3 aromatic rings. The van der Waals surface area contributed by atoms with Crippen LogP contribution in [0.3, 0.4) is 0 Å².